The van der Waals surface area contributed by atoms with E-state index in [1.54, 1.807) is 9.80 Å². The van der Waals surface area contributed by atoms with Gasteiger partial charge in [-0.2, -0.15) is 13.2 Å². The minimum atomic E-state index is -4.80. The van der Waals surface area contributed by atoms with Gasteiger partial charge >= 0.3 is 24.3 Å². The van der Waals surface area contributed by atoms with Gasteiger partial charge in [-0.1, -0.05) is 29.8 Å². The first kappa shape index (κ1) is 43.3. The smallest absolute Gasteiger partial charge is 0.418 e. The summed E-state index contributed by atoms with van der Waals surface area (Å²) in [6.45, 7) is 4.07. The molecule has 0 aromatic heterocycles. The van der Waals surface area contributed by atoms with E-state index in [2.05, 4.69) is 10.2 Å². The van der Waals surface area contributed by atoms with E-state index in [1.807, 2.05) is 43.3 Å². The molecule has 2 aromatic carbocycles. The highest BCUT2D eigenvalue weighted by Gasteiger charge is 2.40. The van der Waals surface area contributed by atoms with Crippen molar-refractivity contribution in [3.8, 4) is 0 Å². The summed E-state index contributed by atoms with van der Waals surface area (Å²) in [6.07, 6.45) is -3.79. The number of alkyl halides is 3. The van der Waals surface area contributed by atoms with Crippen LogP contribution in [0, 0.1) is 0 Å². The van der Waals surface area contributed by atoms with Crippen molar-refractivity contribution in [1.82, 2.24) is 24.5 Å². The zero-order valence-electron chi connectivity index (χ0n) is 33.0. The molecule has 0 spiro atoms. The van der Waals surface area contributed by atoms with Crippen LogP contribution >= 0.6 is 11.6 Å². The third kappa shape index (κ3) is 11.0. The number of amides is 4. The van der Waals surface area contributed by atoms with Gasteiger partial charge in [0, 0.05) is 76.5 Å². The second-order valence-corrected chi connectivity index (χ2v) is 16.1. The molecule has 3 fully saturated rings. The number of anilines is 2. The predicted molar refractivity (Wildman–Crippen MR) is 210 cm³/mol. The molecular formula is C40H53ClF3N7O7. The number of esters is 1. The maximum absolute atomic E-state index is 14.1. The van der Waals surface area contributed by atoms with Crippen LogP contribution in [0.4, 0.5) is 34.1 Å². The lowest BCUT2D eigenvalue weighted by Gasteiger charge is -2.47. The number of rotatable bonds is 13. The molecule has 18 heteroatoms. The molecule has 0 bridgehead atoms. The molecule has 0 aliphatic carbocycles. The lowest BCUT2D eigenvalue weighted by molar-refractivity contribution is -0.157. The maximum Gasteiger partial charge on any atom is 0.418 e. The fourth-order valence-corrected chi connectivity index (χ4v) is 8.28. The van der Waals surface area contributed by atoms with Crippen molar-refractivity contribution in [3.05, 3.63) is 58.1 Å². The number of fused-ring (bicyclic) bond motifs is 1. The van der Waals surface area contributed by atoms with Crippen LogP contribution in [-0.4, -0.2) is 152 Å². The summed E-state index contributed by atoms with van der Waals surface area (Å²) in [5.74, 6) is -0.911. The molecule has 1 atom stereocenters. The highest BCUT2D eigenvalue weighted by atomic mass is 35.5. The number of urea groups is 1. The number of ether oxygens (including phenoxy) is 3. The number of benzene rings is 2. The van der Waals surface area contributed by atoms with Crippen molar-refractivity contribution in [3.63, 3.8) is 0 Å². The predicted octanol–water partition coefficient (Wildman–Crippen LogP) is 4.73. The number of nitrogens with two attached hydrogens (primary N) is 1. The van der Waals surface area contributed by atoms with Gasteiger partial charge in [0.05, 0.1) is 29.0 Å². The van der Waals surface area contributed by atoms with Gasteiger partial charge in [0.25, 0.3) is 5.91 Å². The number of carbonyl (C=O) groups excluding carboxylic acids is 4. The van der Waals surface area contributed by atoms with Crippen LogP contribution in [0.1, 0.15) is 48.8 Å². The molecule has 4 aliphatic rings. The molecule has 0 saturated carbocycles. The monoisotopic (exact) mass is 835 g/mol. The van der Waals surface area contributed by atoms with E-state index >= 15 is 0 Å². The second kappa shape index (κ2) is 19.2. The number of nitrogens with zero attached hydrogens (tertiary/aromatic N) is 5. The minimum absolute atomic E-state index is 0.0449. The molecule has 0 unspecified atom stereocenters. The Kier molecular flexibility index (Phi) is 14.3. The Hall–Kier alpha value is -4.32. The van der Waals surface area contributed by atoms with Gasteiger partial charge in [0.1, 0.15) is 6.61 Å². The largest absolute Gasteiger partial charge is 0.464 e. The van der Waals surface area contributed by atoms with E-state index < -0.39 is 41.5 Å². The second-order valence-electron chi connectivity index (χ2n) is 15.7. The molecule has 0 radical (unpaired) electrons. The van der Waals surface area contributed by atoms with Crippen molar-refractivity contribution in [2.75, 3.05) is 90.7 Å². The van der Waals surface area contributed by atoms with Crippen LogP contribution in [0.5, 0.6) is 0 Å². The first-order valence-electron chi connectivity index (χ1n) is 19.9. The molecule has 4 amide bonds. The number of likely N-dealkylation sites (tertiary alicyclic amines) is 3. The fourth-order valence-electron chi connectivity index (χ4n) is 8.04. The topological polar surface area (TPSA) is 150 Å². The van der Waals surface area contributed by atoms with Gasteiger partial charge in [0.15, 0.2) is 6.10 Å². The van der Waals surface area contributed by atoms with Crippen LogP contribution in [0.2, 0.25) is 5.02 Å². The average molecular weight is 836 g/mol. The molecule has 3 N–H and O–H groups in total. The number of nitrogens with one attached hydrogen (secondary N) is 1. The van der Waals surface area contributed by atoms with E-state index in [1.165, 1.54) is 11.0 Å². The Morgan fingerprint density at radius 2 is 1.66 bits per heavy atom. The van der Waals surface area contributed by atoms with Crippen molar-refractivity contribution >= 4 is 47.0 Å². The first-order valence-corrected chi connectivity index (χ1v) is 20.2. The number of hydrogen-bond acceptors (Lipinski definition) is 10. The number of nitrogen functional groups attached to an aromatic ring is 1. The van der Waals surface area contributed by atoms with Crippen LogP contribution < -0.4 is 11.1 Å². The highest BCUT2D eigenvalue weighted by molar-refractivity contribution is 6.33. The summed E-state index contributed by atoms with van der Waals surface area (Å²) in [5.41, 5.74) is 5.78. The molecule has 58 heavy (non-hydrogen) atoms. The van der Waals surface area contributed by atoms with Crippen molar-refractivity contribution in [2.45, 2.75) is 75.4 Å². The van der Waals surface area contributed by atoms with Crippen LogP contribution in [0.15, 0.2) is 36.4 Å². The highest BCUT2D eigenvalue weighted by Crippen LogP contribution is 2.38. The maximum atomic E-state index is 14.1. The van der Waals surface area contributed by atoms with Crippen molar-refractivity contribution < 1.29 is 46.6 Å². The van der Waals surface area contributed by atoms with E-state index in [9.17, 15) is 32.3 Å². The van der Waals surface area contributed by atoms with Gasteiger partial charge in [-0.3, -0.25) is 9.69 Å². The Morgan fingerprint density at radius 3 is 2.34 bits per heavy atom. The molecule has 4 aliphatic heterocycles. The van der Waals surface area contributed by atoms with E-state index in [4.69, 9.17) is 31.5 Å². The van der Waals surface area contributed by atoms with Gasteiger partial charge in [-0.15, -0.1) is 0 Å². The molecule has 14 nitrogen and oxygen atoms in total. The minimum Gasteiger partial charge on any atom is -0.464 e. The zero-order chi connectivity index (χ0) is 41.6. The van der Waals surface area contributed by atoms with Crippen LogP contribution in [-0.2, 0) is 42.8 Å². The molecule has 2 aromatic rings. The SMILES string of the molecule is CN(C)CCCOC(=O)COC1CN(C2CCN(C(=O)[C@@H](Cc3cc(Cl)c(N)c(C(F)(F)F)c3)OC(=O)N3CCC(N4CCc5ccccc5NC4=O)CC3)CC2)C1. The Balaban J connectivity index is 1.03. The first-order chi connectivity index (χ1) is 27.7. The number of carbonyl (C=O) groups is 4. The molecule has 318 valence electrons. The molecule has 6 rings (SSSR count). The van der Waals surface area contributed by atoms with Crippen molar-refractivity contribution in [2.24, 2.45) is 0 Å². The molecule has 4 heterocycles. The summed E-state index contributed by atoms with van der Waals surface area (Å²) in [4.78, 5) is 62.0. The fraction of sp³-hybridized carbons (Fsp3) is 0.600. The Morgan fingerprint density at radius 1 is 0.983 bits per heavy atom. The molecule has 3 saturated heterocycles. The van der Waals surface area contributed by atoms with Crippen LogP contribution in [0.3, 0.4) is 0 Å². The van der Waals surface area contributed by atoms with E-state index in [-0.39, 0.29) is 60.9 Å². The third-order valence-corrected chi connectivity index (χ3v) is 11.7. The Labute approximate surface area is 341 Å². The standard InChI is InChI=1S/C40H53ClF3N7O7/c1-47(2)13-5-19-56-35(52)25-57-30-23-50(24-30)28-9-14-48(15-10-28)37(53)34(22-26-20-31(40(42,43)44)36(45)32(41)21-26)58-39(55)49-16-11-29(12-17-49)51-18-8-27-6-3-4-7-33(27)46-38(51)54/h3-4,6-7,20-21,28-30,34H,5,8-19,22-25,45H2,1-2H3,(H,46,54)/t34-/m1/s1. The van der Waals surface area contributed by atoms with E-state index in [0.717, 1.165) is 30.3 Å². The normalized spacial score (nSPS) is 19.3. The average Bonchev–Trinajstić information content (AvgIpc) is 3.34. The lowest BCUT2D eigenvalue weighted by atomic mass is 9.97. The van der Waals surface area contributed by atoms with Crippen molar-refractivity contribution in [1.29, 1.82) is 0 Å². The summed E-state index contributed by atoms with van der Waals surface area (Å²) < 4.78 is 58.5. The number of hydrogen-bond donors (Lipinski definition) is 2. The van der Waals surface area contributed by atoms with Gasteiger partial charge in [-0.05, 0) is 81.9 Å². The third-order valence-electron chi connectivity index (χ3n) is 11.4. The zero-order valence-corrected chi connectivity index (χ0v) is 33.7. The summed E-state index contributed by atoms with van der Waals surface area (Å²) >= 11 is 6.13. The van der Waals surface area contributed by atoms with Gasteiger partial charge < -0.3 is 44.9 Å². The number of para-hydroxylation sites is 1. The summed E-state index contributed by atoms with van der Waals surface area (Å²) in [7, 11) is 3.90. The quantitative estimate of drug-likeness (QED) is 0.165. The summed E-state index contributed by atoms with van der Waals surface area (Å²) in [5, 5.41) is 2.66. The van der Waals surface area contributed by atoms with Crippen LogP contribution in [0.25, 0.3) is 0 Å². The molecular weight excluding hydrogens is 783 g/mol. The number of halogens is 4. The van der Waals surface area contributed by atoms with E-state index in [0.29, 0.717) is 71.4 Å². The van der Waals surface area contributed by atoms with Gasteiger partial charge in [0.2, 0.25) is 0 Å². The number of piperidine rings is 2. The lowest BCUT2D eigenvalue weighted by Crippen LogP contribution is -2.59. The summed E-state index contributed by atoms with van der Waals surface area (Å²) in [6, 6.07) is 9.58. The Bertz CT molecular complexity index is 1780. The van der Waals surface area contributed by atoms with Gasteiger partial charge in [-0.25, -0.2) is 14.4 Å².